The van der Waals surface area contributed by atoms with Crippen LogP contribution in [0, 0.1) is 20.8 Å². The predicted octanol–water partition coefficient (Wildman–Crippen LogP) is 0.407. The lowest BCUT2D eigenvalue weighted by Gasteiger charge is -2.08. The SMILES string of the molecule is Cc1cc(C)c(S(=O)(=O)O[n+]2cccc(OCN)n2)c(C)c1. The highest BCUT2D eigenvalue weighted by atomic mass is 32.2. The van der Waals surface area contributed by atoms with Crippen molar-refractivity contribution in [1.29, 1.82) is 0 Å². The van der Waals surface area contributed by atoms with Gasteiger partial charge < -0.3 is 4.74 Å². The van der Waals surface area contributed by atoms with Crippen molar-refractivity contribution in [2.24, 2.45) is 5.73 Å². The van der Waals surface area contributed by atoms with Crippen LogP contribution in [-0.2, 0) is 10.1 Å². The Labute approximate surface area is 129 Å². The average Bonchev–Trinajstić information content (AvgIpc) is 2.36. The molecule has 0 bridgehead atoms. The highest BCUT2D eigenvalue weighted by molar-refractivity contribution is 7.87. The van der Waals surface area contributed by atoms with Crippen LogP contribution < -0.4 is 19.6 Å². The van der Waals surface area contributed by atoms with E-state index in [-0.39, 0.29) is 17.5 Å². The first-order valence-corrected chi connectivity index (χ1v) is 7.99. The molecule has 0 aliphatic carbocycles. The van der Waals surface area contributed by atoms with E-state index in [1.54, 1.807) is 38.1 Å². The Morgan fingerprint density at radius 3 is 2.45 bits per heavy atom. The molecule has 0 saturated carbocycles. The molecule has 7 nitrogen and oxygen atoms in total. The van der Waals surface area contributed by atoms with Crippen molar-refractivity contribution in [3.05, 3.63) is 47.2 Å². The molecule has 0 unspecified atom stereocenters. The Kier molecular flexibility index (Phi) is 4.62. The standard InChI is InChI=1S/C14H18N3O4S/c1-10-7-11(2)14(12(3)8-10)22(18,19)21-17-6-4-5-13(16-17)20-9-15/h4-8H,9,15H2,1-3H3/q+1. The smallest absolute Gasteiger partial charge is 0.399 e. The summed E-state index contributed by atoms with van der Waals surface area (Å²) in [6.45, 7) is 5.28. The third-order valence-electron chi connectivity index (χ3n) is 2.91. The van der Waals surface area contributed by atoms with Gasteiger partial charge >= 0.3 is 10.1 Å². The number of aromatic nitrogens is 2. The zero-order chi connectivity index (χ0) is 16.3. The van der Waals surface area contributed by atoms with E-state index in [0.717, 1.165) is 10.4 Å². The molecule has 0 fully saturated rings. The molecule has 1 heterocycles. The maximum Gasteiger partial charge on any atom is 0.399 e. The molecule has 1 aromatic heterocycles. The average molecular weight is 324 g/mol. The third-order valence-corrected chi connectivity index (χ3v) is 4.40. The van der Waals surface area contributed by atoms with Crippen molar-refractivity contribution in [3.8, 4) is 5.88 Å². The lowest BCUT2D eigenvalue weighted by molar-refractivity contribution is -0.903. The number of nitrogens with two attached hydrogens (primary N) is 1. The zero-order valence-electron chi connectivity index (χ0n) is 12.6. The zero-order valence-corrected chi connectivity index (χ0v) is 13.4. The van der Waals surface area contributed by atoms with Crippen molar-refractivity contribution in [1.82, 2.24) is 5.10 Å². The molecule has 0 aliphatic heterocycles. The van der Waals surface area contributed by atoms with Gasteiger partial charge in [0.1, 0.15) is 16.5 Å². The lowest BCUT2D eigenvalue weighted by Crippen LogP contribution is -2.48. The van der Waals surface area contributed by atoms with Crippen LogP contribution in [0.1, 0.15) is 16.7 Å². The Balaban J connectivity index is 2.38. The van der Waals surface area contributed by atoms with Crippen molar-refractivity contribution >= 4 is 10.1 Å². The molecule has 0 saturated heterocycles. The summed E-state index contributed by atoms with van der Waals surface area (Å²) >= 11 is 0. The second kappa shape index (κ2) is 6.29. The van der Waals surface area contributed by atoms with Crippen LogP contribution >= 0.6 is 0 Å². The Morgan fingerprint density at radius 2 is 1.86 bits per heavy atom. The summed E-state index contributed by atoms with van der Waals surface area (Å²) in [5.74, 6) is 0.164. The summed E-state index contributed by atoms with van der Waals surface area (Å²) in [5.41, 5.74) is 7.47. The van der Waals surface area contributed by atoms with Gasteiger partial charge in [0.15, 0.2) is 0 Å². The molecular formula is C14H18N3O4S+. The summed E-state index contributed by atoms with van der Waals surface area (Å²) in [4.78, 5) is 0.969. The number of rotatable bonds is 5. The van der Waals surface area contributed by atoms with Crippen molar-refractivity contribution in [2.45, 2.75) is 25.7 Å². The fraction of sp³-hybridized carbons (Fsp3) is 0.286. The van der Waals surface area contributed by atoms with E-state index in [0.29, 0.717) is 11.1 Å². The van der Waals surface area contributed by atoms with Gasteiger partial charge in [0.2, 0.25) is 0 Å². The van der Waals surface area contributed by atoms with E-state index >= 15 is 0 Å². The monoisotopic (exact) mass is 324 g/mol. The maximum atomic E-state index is 12.5. The number of benzene rings is 1. The molecule has 0 spiro atoms. The van der Waals surface area contributed by atoms with Crippen LogP contribution in [0.4, 0.5) is 0 Å². The van der Waals surface area contributed by atoms with Gasteiger partial charge in [-0.2, -0.15) is 8.42 Å². The first kappa shape index (κ1) is 16.2. The maximum absolute atomic E-state index is 12.5. The molecular weight excluding hydrogens is 306 g/mol. The van der Waals surface area contributed by atoms with Gasteiger partial charge in [-0.05, 0) is 31.9 Å². The number of hydrogen-bond donors (Lipinski definition) is 1. The fourth-order valence-electron chi connectivity index (χ4n) is 2.27. The first-order chi connectivity index (χ1) is 10.3. The van der Waals surface area contributed by atoms with E-state index in [1.807, 2.05) is 6.92 Å². The third kappa shape index (κ3) is 3.52. The molecule has 118 valence electrons. The molecule has 22 heavy (non-hydrogen) atoms. The predicted molar refractivity (Wildman–Crippen MR) is 78.5 cm³/mol. The van der Waals surface area contributed by atoms with Crippen molar-refractivity contribution in [2.75, 3.05) is 6.73 Å². The van der Waals surface area contributed by atoms with Crippen LogP contribution in [-0.4, -0.2) is 20.2 Å². The van der Waals surface area contributed by atoms with Crippen LogP contribution in [0.25, 0.3) is 0 Å². The van der Waals surface area contributed by atoms with Gasteiger partial charge in [0.05, 0.1) is 5.10 Å². The van der Waals surface area contributed by atoms with Gasteiger partial charge in [0, 0.05) is 12.1 Å². The van der Waals surface area contributed by atoms with Crippen LogP contribution in [0.15, 0.2) is 35.4 Å². The van der Waals surface area contributed by atoms with E-state index in [9.17, 15) is 8.42 Å². The molecule has 0 amide bonds. The highest BCUT2D eigenvalue weighted by Crippen LogP contribution is 2.21. The topological polar surface area (TPSA) is 95.4 Å². The number of aryl methyl sites for hydroxylation is 3. The minimum atomic E-state index is -4.01. The summed E-state index contributed by atoms with van der Waals surface area (Å²) in [5, 5.41) is 3.86. The Hall–Kier alpha value is -2.19. The largest absolute Gasteiger partial charge is 0.458 e. The van der Waals surface area contributed by atoms with Gasteiger partial charge in [-0.25, -0.2) is 0 Å². The normalized spacial score (nSPS) is 11.3. The molecule has 2 N–H and O–H groups in total. The van der Waals surface area contributed by atoms with E-state index in [2.05, 4.69) is 5.10 Å². The molecule has 2 aromatic rings. The quantitative estimate of drug-likeness (QED) is 0.632. The molecule has 8 heteroatoms. The van der Waals surface area contributed by atoms with Crippen molar-refractivity contribution in [3.63, 3.8) is 0 Å². The van der Waals surface area contributed by atoms with Gasteiger partial charge in [-0.3, -0.25) is 5.73 Å². The second-order valence-electron chi connectivity index (χ2n) is 4.82. The Morgan fingerprint density at radius 1 is 1.23 bits per heavy atom. The highest BCUT2D eigenvalue weighted by Gasteiger charge is 2.27. The summed E-state index contributed by atoms with van der Waals surface area (Å²) in [6, 6.07) is 6.66. The lowest BCUT2D eigenvalue weighted by atomic mass is 10.1. The van der Waals surface area contributed by atoms with Crippen LogP contribution in [0.3, 0.4) is 0 Å². The summed E-state index contributed by atoms with van der Waals surface area (Å²) in [6.07, 6.45) is 1.36. The van der Waals surface area contributed by atoms with Crippen LogP contribution in [0.2, 0.25) is 0 Å². The summed E-state index contributed by atoms with van der Waals surface area (Å²) < 4.78 is 35.0. The Bertz CT molecular complexity index is 767. The first-order valence-electron chi connectivity index (χ1n) is 6.58. The molecule has 1 aromatic carbocycles. The van der Waals surface area contributed by atoms with Crippen LogP contribution in [0.5, 0.6) is 5.88 Å². The number of ether oxygens (including phenoxy) is 1. The number of nitrogens with zero attached hydrogens (tertiary/aromatic N) is 2. The molecule has 2 rings (SSSR count). The number of hydrogen-bond acceptors (Lipinski definition) is 6. The second-order valence-corrected chi connectivity index (χ2v) is 6.28. The molecule has 0 radical (unpaired) electrons. The fourth-order valence-corrected chi connectivity index (χ4v) is 3.53. The minimum absolute atomic E-state index is 0.0695. The minimum Gasteiger partial charge on any atom is -0.458 e. The molecule has 0 atom stereocenters. The summed E-state index contributed by atoms with van der Waals surface area (Å²) in [7, 11) is -4.01. The molecule has 0 aliphatic rings. The van der Waals surface area contributed by atoms with E-state index < -0.39 is 10.1 Å². The van der Waals surface area contributed by atoms with E-state index in [1.165, 1.54) is 6.20 Å². The van der Waals surface area contributed by atoms with Crippen molar-refractivity contribution < 1.29 is 22.3 Å². The van der Waals surface area contributed by atoms with Gasteiger partial charge in [-0.1, -0.05) is 17.7 Å². The van der Waals surface area contributed by atoms with Gasteiger partial charge in [0.25, 0.3) is 12.1 Å². The van der Waals surface area contributed by atoms with Gasteiger partial charge in [-0.15, -0.1) is 4.28 Å². The van der Waals surface area contributed by atoms with E-state index in [4.69, 9.17) is 14.8 Å².